The van der Waals surface area contributed by atoms with Crippen molar-refractivity contribution in [3.63, 3.8) is 0 Å². The summed E-state index contributed by atoms with van der Waals surface area (Å²) < 4.78 is 27.6. The SMILES string of the molecule is C[C@@H]1C[C@H](C)CN(S(=O)(=O)c2ccc(NC(=O)CN3CCN(CC(=O)NC4CC4)CC3)cc2)C1. The van der Waals surface area contributed by atoms with Gasteiger partial charge in [0.1, 0.15) is 0 Å². The number of sulfonamides is 1. The second-order valence-electron chi connectivity index (χ2n) is 10.2. The van der Waals surface area contributed by atoms with Gasteiger partial charge in [0.15, 0.2) is 0 Å². The van der Waals surface area contributed by atoms with Crippen LogP contribution in [0.25, 0.3) is 0 Å². The van der Waals surface area contributed by atoms with Gasteiger partial charge in [-0.3, -0.25) is 19.4 Å². The van der Waals surface area contributed by atoms with Gasteiger partial charge in [0.05, 0.1) is 18.0 Å². The summed E-state index contributed by atoms with van der Waals surface area (Å²) in [5, 5.41) is 5.88. The number of carbonyl (C=O) groups excluding carboxylic acids is 2. The molecule has 2 N–H and O–H groups in total. The van der Waals surface area contributed by atoms with Crippen molar-refractivity contribution in [3.05, 3.63) is 24.3 Å². The third-order valence-electron chi connectivity index (χ3n) is 6.75. The summed E-state index contributed by atoms with van der Waals surface area (Å²) in [4.78, 5) is 28.9. The molecule has 3 aliphatic rings. The van der Waals surface area contributed by atoms with Crippen molar-refractivity contribution >= 4 is 27.5 Å². The third kappa shape index (κ3) is 6.78. The summed E-state index contributed by atoms with van der Waals surface area (Å²) in [5.41, 5.74) is 0.583. The molecule has 2 heterocycles. The third-order valence-corrected chi connectivity index (χ3v) is 8.60. The number of amides is 2. The Labute approximate surface area is 202 Å². The van der Waals surface area contributed by atoms with E-state index in [0.29, 0.717) is 43.2 Å². The average molecular weight is 492 g/mol. The summed E-state index contributed by atoms with van der Waals surface area (Å²) in [7, 11) is -3.53. The molecule has 4 rings (SSSR count). The van der Waals surface area contributed by atoms with Crippen LogP contribution < -0.4 is 10.6 Å². The van der Waals surface area contributed by atoms with E-state index in [1.807, 2.05) is 0 Å². The lowest BCUT2D eigenvalue weighted by atomic mass is 9.94. The predicted octanol–water partition coefficient (Wildman–Crippen LogP) is 1.19. The fourth-order valence-electron chi connectivity index (χ4n) is 4.87. The minimum atomic E-state index is -3.53. The van der Waals surface area contributed by atoms with E-state index in [1.54, 1.807) is 28.6 Å². The van der Waals surface area contributed by atoms with Crippen LogP contribution in [-0.4, -0.2) is 92.7 Å². The van der Waals surface area contributed by atoms with E-state index in [0.717, 1.165) is 45.4 Å². The molecule has 2 saturated heterocycles. The van der Waals surface area contributed by atoms with E-state index >= 15 is 0 Å². The Morgan fingerprint density at radius 3 is 1.94 bits per heavy atom. The van der Waals surface area contributed by atoms with Crippen molar-refractivity contribution in [2.75, 3.05) is 57.7 Å². The van der Waals surface area contributed by atoms with Gasteiger partial charge < -0.3 is 10.6 Å². The molecule has 2 amide bonds. The molecule has 1 aliphatic carbocycles. The first-order valence-corrected chi connectivity index (χ1v) is 13.8. The molecular formula is C24H37N5O4S. The Bertz CT molecular complexity index is 962. The number of hydrogen-bond donors (Lipinski definition) is 2. The Kier molecular flexibility index (Phi) is 7.91. The Morgan fingerprint density at radius 1 is 0.882 bits per heavy atom. The second-order valence-corrected chi connectivity index (χ2v) is 12.2. The molecule has 2 aliphatic heterocycles. The van der Waals surface area contributed by atoms with Crippen LogP contribution in [0, 0.1) is 11.8 Å². The number of carbonyl (C=O) groups is 2. The van der Waals surface area contributed by atoms with Gasteiger partial charge in [-0.25, -0.2) is 8.42 Å². The Morgan fingerprint density at radius 2 is 1.41 bits per heavy atom. The maximum Gasteiger partial charge on any atom is 0.243 e. The topological polar surface area (TPSA) is 102 Å². The van der Waals surface area contributed by atoms with Gasteiger partial charge in [-0.05, 0) is 55.4 Å². The monoisotopic (exact) mass is 491 g/mol. The summed E-state index contributed by atoms with van der Waals surface area (Å²) in [6.07, 6.45) is 3.22. The van der Waals surface area contributed by atoms with Gasteiger partial charge in [0, 0.05) is 51.0 Å². The zero-order valence-electron chi connectivity index (χ0n) is 20.2. The lowest BCUT2D eigenvalue weighted by molar-refractivity contribution is -0.123. The van der Waals surface area contributed by atoms with Crippen molar-refractivity contribution in [1.82, 2.24) is 19.4 Å². The van der Waals surface area contributed by atoms with Crippen molar-refractivity contribution in [2.45, 2.75) is 44.0 Å². The largest absolute Gasteiger partial charge is 0.352 e. The highest BCUT2D eigenvalue weighted by molar-refractivity contribution is 7.89. The van der Waals surface area contributed by atoms with Crippen LogP contribution >= 0.6 is 0 Å². The number of piperazine rings is 1. The molecule has 0 radical (unpaired) electrons. The van der Waals surface area contributed by atoms with E-state index in [1.165, 1.54) is 0 Å². The van der Waals surface area contributed by atoms with Gasteiger partial charge in [0.2, 0.25) is 21.8 Å². The number of hydrogen-bond acceptors (Lipinski definition) is 6. The lowest BCUT2D eigenvalue weighted by Gasteiger charge is -2.34. The molecule has 10 heteroatoms. The maximum atomic E-state index is 13.0. The zero-order valence-corrected chi connectivity index (χ0v) is 21.0. The number of rotatable bonds is 8. The highest BCUT2D eigenvalue weighted by Crippen LogP contribution is 2.27. The van der Waals surface area contributed by atoms with E-state index in [2.05, 4.69) is 34.3 Å². The summed E-state index contributed by atoms with van der Waals surface area (Å²) in [6, 6.07) is 6.82. The molecule has 0 spiro atoms. The zero-order chi connectivity index (χ0) is 24.3. The molecule has 0 unspecified atom stereocenters. The van der Waals surface area contributed by atoms with E-state index in [-0.39, 0.29) is 23.3 Å². The first kappa shape index (κ1) is 25.1. The molecule has 0 aromatic heterocycles. The van der Waals surface area contributed by atoms with Crippen molar-refractivity contribution < 1.29 is 18.0 Å². The van der Waals surface area contributed by atoms with Gasteiger partial charge in [-0.2, -0.15) is 4.31 Å². The van der Waals surface area contributed by atoms with Crippen molar-refractivity contribution in [1.29, 1.82) is 0 Å². The molecule has 1 aromatic carbocycles. The number of benzene rings is 1. The Hall–Kier alpha value is -2.01. The van der Waals surface area contributed by atoms with E-state index in [9.17, 15) is 18.0 Å². The lowest BCUT2D eigenvalue weighted by Crippen LogP contribution is -2.51. The fourth-order valence-corrected chi connectivity index (χ4v) is 6.55. The highest BCUT2D eigenvalue weighted by Gasteiger charge is 2.31. The highest BCUT2D eigenvalue weighted by atomic mass is 32.2. The van der Waals surface area contributed by atoms with Crippen molar-refractivity contribution in [3.8, 4) is 0 Å². The van der Waals surface area contributed by atoms with Crippen LogP contribution in [-0.2, 0) is 19.6 Å². The second kappa shape index (κ2) is 10.7. The van der Waals surface area contributed by atoms with Crippen LogP contribution in [0.1, 0.15) is 33.1 Å². The van der Waals surface area contributed by atoms with Gasteiger partial charge in [-0.15, -0.1) is 0 Å². The minimum Gasteiger partial charge on any atom is -0.352 e. The first-order valence-electron chi connectivity index (χ1n) is 12.3. The molecule has 1 saturated carbocycles. The molecule has 188 valence electrons. The van der Waals surface area contributed by atoms with Crippen LogP contribution in [0.2, 0.25) is 0 Å². The summed E-state index contributed by atoms with van der Waals surface area (Å²) >= 11 is 0. The molecule has 1 aromatic rings. The number of nitrogens with zero attached hydrogens (tertiary/aromatic N) is 3. The quantitative estimate of drug-likeness (QED) is 0.566. The van der Waals surface area contributed by atoms with Crippen molar-refractivity contribution in [2.24, 2.45) is 11.8 Å². The summed E-state index contributed by atoms with van der Waals surface area (Å²) in [5.74, 6) is 0.648. The van der Waals surface area contributed by atoms with E-state index in [4.69, 9.17) is 0 Å². The van der Waals surface area contributed by atoms with Crippen LogP contribution in [0.5, 0.6) is 0 Å². The van der Waals surface area contributed by atoms with E-state index < -0.39 is 10.0 Å². The van der Waals surface area contributed by atoms with Gasteiger partial charge >= 0.3 is 0 Å². The average Bonchev–Trinajstić information content (AvgIpc) is 3.58. The number of anilines is 1. The number of nitrogens with one attached hydrogen (secondary N) is 2. The molecule has 2 atom stereocenters. The Balaban J connectivity index is 1.23. The minimum absolute atomic E-state index is 0.0865. The maximum absolute atomic E-state index is 13.0. The predicted molar refractivity (Wildman–Crippen MR) is 131 cm³/mol. The smallest absolute Gasteiger partial charge is 0.243 e. The van der Waals surface area contributed by atoms with Crippen LogP contribution in [0.15, 0.2) is 29.2 Å². The first-order chi connectivity index (χ1) is 16.2. The molecule has 0 bridgehead atoms. The van der Waals surface area contributed by atoms with Gasteiger partial charge in [-0.1, -0.05) is 13.8 Å². The normalized spacial score (nSPS) is 25.1. The molecule has 9 nitrogen and oxygen atoms in total. The number of piperidine rings is 1. The van der Waals surface area contributed by atoms with Crippen LogP contribution in [0.3, 0.4) is 0 Å². The molecule has 3 fully saturated rings. The molecule has 34 heavy (non-hydrogen) atoms. The standard InChI is InChI=1S/C24H37N5O4S/c1-18-13-19(2)15-29(14-18)34(32,33)22-7-5-21(6-8-22)26-24(31)17-28-11-9-27(10-12-28)16-23(30)25-20-3-4-20/h5-8,18-20H,3-4,9-17H2,1-2H3,(H,25,30)(H,26,31)/t18-,19+. The molecular weight excluding hydrogens is 454 g/mol. The fraction of sp³-hybridized carbons (Fsp3) is 0.667. The van der Waals surface area contributed by atoms with Crippen LogP contribution in [0.4, 0.5) is 5.69 Å². The van der Waals surface area contributed by atoms with Gasteiger partial charge in [0.25, 0.3) is 0 Å². The summed E-state index contributed by atoms with van der Waals surface area (Å²) in [6.45, 7) is 8.92.